The van der Waals surface area contributed by atoms with Crippen LogP contribution in [0.4, 0.5) is 10.7 Å². The minimum atomic E-state index is -0.142. The van der Waals surface area contributed by atoms with Gasteiger partial charge in [0.1, 0.15) is 22.2 Å². The molecule has 1 aliphatic rings. The van der Waals surface area contributed by atoms with Gasteiger partial charge < -0.3 is 19.5 Å². The van der Waals surface area contributed by atoms with Gasteiger partial charge in [-0.2, -0.15) is 0 Å². The van der Waals surface area contributed by atoms with Gasteiger partial charge in [0.2, 0.25) is 0 Å². The topological polar surface area (TPSA) is 69.2 Å². The van der Waals surface area contributed by atoms with E-state index >= 15 is 0 Å². The molecule has 3 aromatic rings. The van der Waals surface area contributed by atoms with Crippen LogP contribution >= 0.6 is 11.3 Å². The van der Waals surface area contributed by atoms with Crippen molar-refractivity contribution < 1.29 is 19.0 Å². The molecule has 0 saturated carbocycles. The van der Waals surface area contributed by atoms with E-state index in [9.17, 15) is 4.79 Å². The number of benzene rings is 2. The van der Waals surface area contributed by atoms with Crippen LogP contribution in [0.3, 0.4) is 0 Å². The Hall–Kier alpha value is -3.32. The van der Waals surface area contributed by atoms with Crippen molar-refractivity contribution >= 4 is 34.1 Å². The minimum absolute atomic E-state index is 0.142. The Kier molecular flexibility index (Phi) is 6.99. The van der Waals surface area contributed by atoms with E-state index in [1.54, 1.807) is 38.9 Å². The third-order valence-electron chi connectivity index (χ3n) is 5.83. The molecule has 1 amide bonds. The summed E-state index contributed by atoms with van der Waals surface area (Å²) >= 11 is 1.60. The van der Waals surface area contributed by atoms with Crippen molar-refractivity contribution in [1.82, 2.24) is 0 Å². The first-order valence-electron chi connectivity index (χ1n) is 10.9. The van der Waals surface area contributed by atoms with Crippen LogP contribution in [0.2, 0.25) is 0 Å². The molecular formula is C26H28N2O4S. The van der Waals surface area contributed by atoms with Gasteiger partial charge in [0.25, 0.3) is 5.91 Å². The number of amides is 1. The highest BCUT2D eigenvalue weighted by atomic mass is 32.1. The van der Waals surface area contributed by atoms with Gasteiger partial charge in [-0.1, -0.05) is 6.92 Å². The second-order valence-corrected chi connectivity index (χ2v) is 9.16. The lowest BCUT2D eigenvalue weighted by Gasteiger charge is -2.18. The van der Waals surface area contributed by atoms with Gasteiger partial charge in [0.15, 0.2) is 0 Å². The first-order valence-corrected chi connectivity index (χ1v) is 11.7. The van der Waals surface area contributed by atoms with E-state index in [1.807, 2.05) is 42.5 Å². The quantitative estimate of drug-likeness (QED) is 0.442. The van der Waals surface area contributed by atoms with E-state index in [2.05, 4.69) is 12.2 Å². The lowest BCUT2D eigenvalue weighted by atomic mass is 9.88. The largest absolute Gasteiger partial charge is 0.497 e. The molecule has 0 spiro atoms. The molecular weight excluding hydrogens is 436 g/mol. The standard InChI is InChI=1S/C26H28N2O4S/c1-16-5-11-21-23(13-16)33-26(27-15-17-14-20(31-3)10-12-22(17)32-4)24(21)25(29)28-18-6-8-19(30-2)9-7-18/h6-10,12,14-16H,5,11,13H2,1-4H3,(H,28,29)/t16-/m0/s1. The highest BCUT2D eigenvalue weighted by Gasteiger charge is 2.27. The van der Waals surface area contributed by atoms with E-state index in [0.717, 1.165) is 36.1 Å². The number of fused-ring (bicyclic) bond motifs is 1. The van der Waals surface area contributed by atoms with Crippen LogP contribution in [0, 0.1) is 5.92 Å². The summed E-state index contributed by atoms with van der Waals surface area (Å²) in [5.74, 6) is 2.61. The monoisotopic (exact) mass is 464 g/mol. The second-order valence-electron chi connectivity index (χ2n) is 8.08. The minimum Gasteiger partial charge on any atom is -0.497 e. The number of nitrogens with zero attached hydrogens (tertiary/aromatic N) is 1. The van der Waals surface area contributed by atoms with Crippen molar-refractivity contribution in [3.63, 3.8) is 0 Å². The number of carbonyl (C=O) groups is 1. The van der Waals surface area contributed by atoms with Crippen LogP contribution in [0.5, 0.6) is 17.2 Å². The number of hydrogen-bond acceptors (Lipinski definition) is 6. The smallest absolute Gasteiger partial charge is 0.259 e. The predicted molar refractivity (Wildman–Crippen MR) is 133 cm³/mol. The molecule has 1 aliphatic carbocycles. The van der Waals surface area contributed by atoms with Gasteiger partial charge in [-0.3, -0.25) is 4.79 Å². The Labute approximate surface area is 198 Å². The van der Waals surface area contributed by atoms with Crippen molar-refractivity contribution in [1.29, 1.82) is 0 Å². The summed E-state index contributed by atoms with van der Waals surface area (Å²) in [6.45, 7) is 2.25. The molecule has 1 atom stereocenters. The molecule has 0 saturated heterocycles. The molecule has 2 aromatic carbocycles. The molecule has 6 nitrogen and oxygen atoms in total. The van der Waals surface area contributed by atoms with Crippen LogP contribution in [0.15, 0.2) is 47.5 Å². The Morgan fingerprint density at radius 3 is 2.48 bits per heavy atom. The molecule has 33 heavy (non-hydrogen) atoms. The maximum Gasteiger partial charge on any atom is 0.259 e. The normalized spacial score (nSPS) is 15.2. The molecule has 0 fully saturated rings. The summed E-state index contributed by atoms with van der Waals surface area (Å²) in [5, 5.41) is 3.74. The molecule has 0 bridgehead atoms. The number of aliphatic imine (C=N–C) groups is 1. The number of thiophene rings is 1. The molecule has 0 radical (unpaired) electrons. The summed E-state index contributed by atoms with van der Waals surface area (Å²) in [6.07, 6.45) is 4.67. The fraction of sp³-hybridized carbons (Fsp3) is 0.308. The third kappa shape index (κ3) is 5.03. The average molecular weight is 465 g/mol. The SMILES string of the molecule is COc1ccc(NC(=O)c2c(N=Cc3cc(OC)ccc3OC)sc3c2CC[C@H](C)C3)cc1. The van der Waals surface area contributed by atoms with E-state index in [1.165, 1.54) is 4.88 Å². The predicted octanol–water partition coefficient (Wildman–Crippen LogP) is 5.90. The highest BCUT2D eigenvalue weighted by molar-refractivity contribution is 7.16. The molecule has 0 unspecified atom stereocenters. The molecule has 1 heterocycles. The lowest BCUT2D eigenvalue weighted by Crippen LogP contribution is -2.16. The first-order chi connectivity index (χ1) is 16.0. The highest BCUT2D eigenvalue weighted by Crippen LogP contribution is 2.41. The molecule has 0 aliphatic heterocycles. The van der Waals surface area contributed by atoms with Crippen molar-refractivity contribution in [2.24, 2.45) is 10.9 Å². The Balaban J connectivity index is 1.69. The van der Waals surface area contributed by atoms with E-state index in [0.29, 0.717) is 33.7 Å². The molecule has 172 valence electrons. The van der Waals surface area contributed by atoms with Gasteiger partial charge >= 0.3 is 0 Å². The zero-order valence-corrected chi connectivity index (χ0v) is 20.1. The van der Waals surface area contributed by atoms with E-state index in [-0.39, 0.29) is 5.91 Å². The van der Waals surface area contributed by atoms with Crippen LogP contribution in [-0.4, -0.2) is 33.5 Å². The zero-order valence-electron chi connectivity index (χ0n) is 19.3. The average Bonchev–Trinajstić information content (AvgIpc) is 3.20. The van der Waals surface area contributed by atoms with Crippen LogP contribution in [0.1, 0.15) is 39.7 Å². The van der Waals surface area contributed by atoms with Crippen molar-refractivity contribution in [3.8, 4) is 17.2 Å². The van der Waals surface area contributed by atoms with Crippen molar-refractivity contribution in [3.05, 3.63) is 64.0 Å². The van der Waals surface area contributed by atoms with E-state index in [4.69, 9.17) is 19.2 Å². The fourth-order valence-electron chi connectivity index (χ4n) is 4.00. The molecule has 7 heteroatoms. The number of ether oxygens (including phenoxy) is 3. The van der Waals surface area contributed by atoms with Gasteiger partial charge in [0.05, 0.1) is 26.9 Å². The summed E-state index contributed by atoms with van der Waals surface area (Å²) in [4.78, 5) is 19.4. The van der Waals surface area contributed by atoms with Crippen molar-refractivity contribution in [2.45, 2.75) is 26.2 Å². The maximum atomic E-state index is 13.4. The van der Waals surface area contributed by atoms with Gasteiger partial charge in [-0.05, 0) is 73.2 Å². The maximum absolute atomic E-state index is 13.4. The van der Waals surface area contributed by atoms with E-state index < -0.39 is 0 Å². The van der Waals surface area contributed by atoms with Gasteiger partial charge in [0, 0.05) is 22.3 Å². The first kappa shape index (κ1) is 22.9. The van der Waals surface area contributed by atoms with Crippen LogP contribution in [0.25, 0.3) is 0 Å². The molecule has 1 aromatic heterocycles. The Morgan fingerprint density at radius 2 is 1.79 bits per heavy atom. The molecule has 1 N–H and O–H groups in total. The third-order valence-corrected chi connectivity index (χ3v) is 6.99. The van der Waals surface area contributed by atoms with Crippen LogP contribution in [-0.2, 0) is 12.8 Å². The number of carbonyl (C=O) groups excluding carboxylic acids is 1. The number of anilines is 1. The number of rotatable bonds is 7. The van der Waals surface area contributed by atoms with Gasteiger partial charge in [-0.25, -0.2) is 4.99 Å². The Bertz CT molecular complexity index is 1170. The fourth-order valence-corrected chi connectivity index (χ4v) is 5.35. The van der Waals surface area contributed by atoms with Crippen molar-refractivity contribution in [2.75, 3.05) is 26.6 Å². The number of hydrogen-bond donors (Lipinski definition) is 1. The Morgan fingerprint density at radius 1 is 1.06 bits per heavy atom. The number of methoxy groups -OCH3 is 3. The summed E-state index contributed by atoms with van der Waals surface area (Å²) < 4.78 is 16.0. The summed E-state index contributed by atoms with van der Waals surface area (Å²) in [6, 6.07) is 12.9. The summed E-state index contributed by atoms with van der Waals surface area (Å²) in [5.41, 5.74) is 3.29. The lowest BCUT2D eigenvalue weighted by molar-refractivity contribution is 0.102. The van der Waals surface area contributed by atoms with Crippen LogP contribution < -0.4 is 19.5 Å². The van der Waals surface area contributed by atoms with Gasteiger partial charge in [-0.15, -0.1) is 11.3 Å². The zero-order chi connectivity index (χ0) is 23.4. The summed E-state index contributed by atoms with van der Waals surface area (Å²) in [7, 11) is 4.87. The second kappa shape index (κ2) is 10.1. The molecule has 4 rings (SSSR count). The number of nitrogens with one attached hydrogen (secondary N) is 1.